The molecule has 0 radical (unpaired) electrons. The third kappa shape index (κ3) is 4.33. The Bertz CT molecular complexity index is 481. The van der Waals surface area contributed by atoms with E-state index in [1.807, 2.05) is 28.4 Å². The van der Waals surface area contributed by atoms with Crippen molar-refractivity contribution in [1.29, 1.82) is 0 Å². The average Bonchev–Trinajstić information content (AvgIpc) is 2.72. The lowest BCUT2D eigenvalue weighted by atomic mass is 9.84. The molecule has 2 saturated heterocycles. The molecule has 3 atom stereocenters. The maximum atomic E-state index is 6.13. The van der Waals surface area contributed by atoms with Crippen LogP contribution in [0.15, 0.2) is 0 Å². The molecular weight excluding hydrogens is 384 g/mol. The van der Waals surface area contributed by atoms with Crippen LogP contribution in [-0.4, -0.2) is 45.6 Å². The highest BCUT2D eigenvalue weighted by molar-refractivity contribution is 6.71. The molecular formula is C22H46O4Si2. The summed E-state index contributed by atoms with van der Waals surface area (Å²) in [6, 6.07) is 2.30. The van der Waals surface area contributed by atoms with Crippen LogP contribution in [0.2, 0.25) is 22.2 Å². The predicted molar refractivity (Wildman–Crippen MR) is 121 cm³/mol. The lowest BCUT2D eigenvalue weighted by Gasteiger charge is -2.50. The van der Waals surface area contributed by atoms with E-state index in [0.29, 0.717) is 5.92 Å². The molecule has 0 aliphatic carbocycles. The van der Waals surface area contributed by atoms with Gasteiger partial charge in [0.15, 0.2) is 0 Å². The Morgan fingerprint density at radius 3 is 1.86 bits per heavy atom. The van der Waals surface area contributed by atoms with E-state index in [2.05, 4.69) is 20.8 Å². The van der Waals surface area contributed by atoms with Gasteiger partial charge in [-0.1, -0.05) is 65.7 Å². The molecule has 0 saturated carbocycles. The molecule has 2 heterocycles. The van der Waals surface area contributed by atoms with Crippen molar-refractivity contribution in [1.82, 2.24) is 0 Å². The predicted octanol–water partition coefficient (Wildman–Crippen LogP) is 6.54. The molecule has 0 bridgehead atoms. The van der Waals surface area contributed by atoms with Crippen molar-refractivity contribution in [2.45, 2.75) is 107 Å². The first kappa shape index (κ1) is 24.5. The summed E-state index contributed by atoms with van der Waals surface area (Å²) in [7, 11) is 3.33. The minimum Gasteiger partial charge on any atom is -0.397 e. The van der Waals surface area contributed by atoms with Gasteiger partial charge >= 0.3 is 17.1 Å². The maximum Gasteiger partial charge on any atom is 0.344 e. The van der Waals surface area contributed by atoms with Gasteiger partial charge in [0, 0.05) is 38.5 Å². The van der Waals surface area contributed by atoms with Gasteiger partial charge in [-0.2, -0.15) is 0 Å². The van der Waals surface area contributed by atoms with Crippen molar-refractivity contribution < 1.29 is 17.7 Å². The van der Waals surface area contributed by atoms with E-state index in [0.717, 1.165) is 12.1 Å². The summed E-state index contributed by atoms with van der Waals surface area (Å²) >= 11 is 0. The van der Waals surface area contributed by atoms with Gasteiger partial charge in [0.25, 0.3) is 0 Å². The van der Waals surface area contributed by atoms with Crippen LogP contribution in [0.3, 0.4) is 0 Å². The second-order valence-corrected chi connectivity index (χ2v) is 17.9. The van der Waals surface area contributed by atoms with Crippen LogP contribution in [0, 0.1) is 5.92 Å². The molecule has 0 aromatic carbocycles. The smallest absolute Gasteiger partial charge is 0.344 e. The molecule has 2 fully saturated rings. The first-order valence-corrected chi connectivity index (χ1v) is 15.5. The second-order valence-electron chi connectivity index (χ2n) is 9.86. The van der Waals surface area contributed by atoms with Gasteiger partial charge in [-0.05, 0) is 37.3 Å². The van der Waals surface area contributed by atoms with Crippen LogP contribution in [0.5, 0.6) is 0 Å². The van der Waals surface area contributed by atoms with Gasteiger partial charge in [-0.15, -0.1) is 0 Å². The number of unbranched alkanes of at least 4 members (excludes halogenated alkanes) is 1. The van der Waals surface area contributed by atoms with Crippen LogP contribution in [-0.2, 0) is 17.7 Å². The van der Waals surface area contributed by atoms with Gasteiger partial charge in [0.1, 0.15) is 0 Å². The normalized spacial score (nSPS) is 33.5. The monoisotopic (exact) mass is 430 g/mol. The first-order chi connectivity index (χ1) is 13.3. The van der Waals surface area contributed by atoms with Crippen LogP contribution in [0.1, 0.15) is 85.0 Å². The van der Waals surface area contributed by atoms with Gasteiger partial charge in [0.2, 0.25) is 0 Å². The Kier molecular flexibility index (Phi) is 8.81. The lowest BCUT2D eigenvalue weighted by molar-refractivity contribution is 0.154. The van der Waals surface area contributed by atoms with E-state index in [-0.39, 0.29) is 10.1 Å². The molecule has 2 aliphatic rings. The fraction of sp³-hybridized carbons (Fsp3) is 1.00. The van der Waals surface area contributed by atoms with Crippen molar-refractivity contribution in [3.8, 4) is 0 Å². The van der Waals surface area contributed by atoms with E-state index in [9.17, 15) is 0 Å². The lowest BCUT2D eigenvalue weighted by Crippen LogP contribution is -2.55. The molecule has 0 aromatic heterocycles. The van der Waals surface area contributed by atoms with Crippen molar-refractivity contribution in [3.63, 3.8) is 0 Å². The van der Waals surface area contributed by atoms with Crippen molar-refractivity contribution >= 4 is 17.1 Å². The van der Waals surface area contributed by atoms with Crippen LogP contribution in [0.25, 0.3) is 0 Å². The van der Waals surface area contributed by atoms with E-state index < -0.39 is 17.1 Å². The van der Waals surface area contributed by atoms with Gasteiger partial charge in [-0.25, -0.2) is 0 Å². The topological polar surface area (TPSA) is 36.9 Å². The Morgan fingerprint density at radius 2 is 1.29 bits per heavy atom. The average molecular weight is 431 g/mol. The highest BCUT2D eigenvalue weighted by atomic mass is 28.4. The minimum absolute atomic E-state index is 0.223. The van der Waals surface area contributed by atoms with Crippen molar-refractivity contribution in [2.24, 2.45) is 5.92 Å². The third-order valence-corrected chi connectivity index (χ3v) is 18.2. The fourth-order valence-corrected chi connectivity index (χ4v) is 14.7. The third-order valence-electron chi connectivity index (χ3n) is 8.75. The summed E-state index contributed by atoms with van der Waals surface area (Å²) in [5.41, 5.74) is 0. The van der Waals surface area contributed by atoms with E-state index >= 15 is 0 Å². The zero-order chi connectivity index (χ0) is 20.9. The fourth-order valence-electron chi connectivity index (χ4n) is 6.45. The molecule has 2 rings (SSSR count). The van der Waals surface area contributed by atoms with Gasteiger partial charge in [-0.3, -0.25) is 0 Å². The zero-order valence-electron chi connectivity index (χ0n) is 19.7. The molecule has 6 heteroatoms. The molecule has 0 N–H and O–H groups in total. The van der Waals surface area contributed by atoms with E-state index in [4.69, 9.17) is 17.7 Å². The highest BCUT2D eigenvalue weighted by Gasteiger charge is 2.57. The van der Waals surface area contributed by atoms with Crippen LogP contribution >= 0.6 is 0 Å². The molecule has 0 spiro atoms. The SMILES string of the molecule is CO[Si]1(OC)CCCCC1(C)CCCCC(C)C1(C)CCCC[Si]1(OC)OC. The second kappa shape index (κ2) is 10.1. The molecule has 4 nitrogen and oxygen atoms in total. The Morgan fingerprint density at radius 1 is 0.750 bits per heavy atom. The quantitative estimate of drug-likeness (QED) is 0.291. The molecule has 0 aromatic rings. The zero-order valence-corrected chi connectivity index (χ0v) is 21.7. The highest BCUT2D eigenvalue weighted by Crippen LogP contribution is 2.57. The number of hydrogen-bond acceptors (Lipinski definition) is 4. The molecule has 0 amide bonds. The van der Waals surface area contributed by atoms with Crippen LogP contribution < -0.4 is 0 Å². The molecule has 2 aliphatic heterocycles. The molecule has 166 valence electrons. The summed E-state index contributed by atoms with van der Waals surface area (Å²) in [6.07, 6.45) is 12.7. The van der Waals surface area contributed by atoms with E-state index in [1.165, 1.54) is 64.2 Å². The minimum atomic E-state index is -2.12. The Hall–Kier alpha value is 0.274. The summed E-state index contributed by atoms with van der Waals surface area (Å²) < 4.78 is 24.4. The molecule has 28 heavy (non-hydrogen) atoms. The van der Waals surface area contributed by atoms with Crippen LogP contribution in [0.4, 0.5) is 0 Å². The summed E-state index contributed by atoms with van der Waals surface area (Å²) in [4.78, 5) is 0. The van der Waals surface area contributed by atoms with Crippen molar-refractivity contribution in [3.05, 3.63) is 0 Å². The summed E-state index contributed by atoms with van der Waals surface area (Å²) in [5, 5.41) is 0.478. The standard InChI is InChI=1S/C22H46O4Si2/c1-20(22(3)17-11-13-19-28(22,25-6)26-7)14-8-9-15-21(2)16-10-12-18-27(21,23-4)24-5/h20H,8-19H2,1-7H3. The van der Waals surface area contributed by atoms with Gasteiger partial charge < -0.3 is 17.7 Å². The largest absolute Gasteiger partial charge is 0.397 e. The van der Waals surface area contributed by atoms with Crippen molar-refractivity contribution in [2.75, 3.05) is 28.4 Å². The summed E-state index contributed by atoms with van der Waals surface area (Å²) in [5.74, 6) is 0.644. The summed E-state index contributed by atoms with van der Waals surface area (Å²) in [6.45, 7) is 7.33. The number of rotatable bonds is 10. The molecule has 3 unspecified atom stereocenters. The first-order valence-electron chi connectivity index (χ1n) is 11.5. The van der Waals surface area contributed by atoms with Gasteiger partial charge in [0.05, 0.1) is 0 Å². The maximum absolute atomic E-state index is 6.13. The number of hydrogen-bond donors (Lipinski definition) is 0. The Labute approximate surface area is 176 Å². The van der Waals surface area contributed by atoms with E-state index in [1.54, 1.807) is 0 Å². The Balaban J connectivity index is 1.95.